The highest BCUT2D eigenvalue weighted by Crippen LogP contribution is 2.31. The van der Waals surface area contributed by atoms with Gasteiger partial charge in [0.25, 0.3) is 0 Å². The van der Waals surface area contributed by atoms with Gasteiger partial charge in [-0.3, -0.25) is 9.59 Å². The molecule has 0 N–H and O–H groups in total. The Bertz CT molecular complexity index is 693. The van der Waals surface area contributed by atoms with Gasteiger partial charge >= 0.3 is 11.9 Å². The van der Waals surface area contributed by atoms with E-state index in [1.165, 1.54) is 6.08 Å². The van der Waals surface area contributed by atoms with E-state index in [0.717, 1.165) is 0 Å². The molecule has 0 amide bonds. The molecule has 1 aliphatic rings. The molecule has 0 spiro atoms. The molecule has 0 heterocycles. The molecule has 0 fully saturated rings. The SMILES string of the molecule is [2H]C([2H])([2H])C(=O)O[C@H]1C=C(c2ccccc2)[C@H](OC(=O)C([2H])([2H])[2H])CC1. The molecule has 1 aromatic carbocycles. The van der Waals surface area contributed by atoms with E-state index in [-0.39, 0.29) is 12.8 Å². The molecule has 0 unspecified atom stereocenters. The average molecular weight is 280 g/mol. The monoisotopic (exact) mass is 280 g/mol. The summed E-state index contributed by atoms with van der Waals surface area (Å²) in [6.07, 6.45) is 0.271. The van der Waals surface area contributed by atoms with E-state index in [9.17, 15) is 9.59 Å². The second-order valence-electron chi connectivity index (χ2n) is 4.40. The highest BCUT2D eigenvalue weighted by molar-refractivity contribution is 5.75. The Hall–Kier alpha value is -2.10. The van der Waals surface area contributed by atoms with Gasteiger partial charge in [-0.05, 0) is 30.1 Å². The second-order valence-corrected chi connectivity index (χ2v) is 4.40. The van der Waals surface area contributed by atoms with Crippen LogP contribution in [0.25, 0.3) is 5.57 Å². The van der Waals surface area contributed by atoms with Crippen molar-refractivity contribution in [2.24, 2.45) is 0 Å². The highest BCUT2D eigenvalue weighted by Gasteiger charge is 2.27. The summed E-state index contributed by atoms with van der Waals surface area (Å²) in [5.74, 6) is -2.63. The van der Waals surface area contributed by atoms with Crippen molar-refractivity contribution in [2.45, 2.75) is 38.8 Å². The van der Waals surface area contributed by atoms with Crippen LogP contribution in [0.15, 0.2) is 36.4 Å². The average Bonchev–Trinajstić information content (AvgIpc) is 2.55. The quantitative estimate of drug-likeness (QED) is 0.799. The van der Waals surface area contributed by atoms with Crippen LogP contribution in [0.5, 0.6) is 0 Å². The van der Waals surface area contributed by atoms with E-state index in [1.807, 2.05) is 0 Å². The number of rotatable bonds is 3. The molecule has 1 aromatic rings. The molecule has 4 heteroatoms. The highest BCUT2D eigenvalue weighted by atomic mass is 16.5. The lowest BCUT2D eigenvalue weighted by Gasteiger charge is -2.28. The maximum atomic E-state index is 11.7. The van der Waals surface area contributed by atoms with Crippen molar-refractivity contribution in [2.75, 3.05) is 0 Å². The van der Waals surface area contributed by atoms with Crippen molar-refractivity contribution in [1.29, 1.82) is 0 Å². The van der Waals surface area contributed by atoms with Gasteiger partial charge in [-0.15, -0.1) is 0 Å². The summed E-state index contributed by atoms with van der Waals surface area (Å²) in [5.41, 5.74) is 1.13. The van der Waals surface area contributed by atoms with Crippen LogP contribution in [-0.4, -0.2) is 24.1 Å². The van der Waals surface area contributed by atoms with Crippen LogP contribution in [-0.2, 0) is 19.1 Å². The van der Waals surface area contributed by atoms with Crippen LogP contribution in [0.1, 0.15) is 40.3 Å². The van der Waals surface area contributed by atoms with Crippen molar-refractivity contribution in [3.05, 3.63) is 42.0 Å². The van der Waals surface area contributed by atoms with Gasteiger partial charge in [0.2, 0.25) is 0 Å². The number of ether oxygens (including phenoxy) is 2. The molecule has 1 aliphatic carbocycles. The van der Waals surface area contributed by atoms with Gasteiger partial charge < -0.3 is 9.47 Å². The van der Waals surface area contributed by atoms with Gasteiger partial charge in [0.1, 0.15) is 12.2 Å². The number of benzene rings is 1. The topological polar surface area (TPSA) is 52.6 Å². The molecule has 106 valence electrons. The third kappa shape index (κ3) is 3.70. The number of carbonyl (C=O) groups excluding carboxylic acids is 2. The first-order chi connectivity index (χ1) is 12.0. The summed E-state index contributed by atoms with van der Waals surface area (Å²) >= 11 is 0. The largest absolute Gasteiger partial charge is 0.458 e. The Morgan fingerprint density at radius 2 is 1.80 bits per heavy atom. The molecule has 0 bridgehead atoms. The molecular formula is C16H18O4. The Labute approximate surface area is 126 Å². The van der Waals surface area contributed by atoms with Crippen molar-refractivity contribution < 1.29 is 27.3 Å². The maximum absolute atomic E-state index is 11.7. The van der Waals surface area contributed by atoms with Crippen LogP contribution < -0.4 is 0 Å². The molecule has 0 saturated carbocycles. The second kappa shape index (κ2) is 6.37. The van der Waals surface area contributed by atoms with Crippen molar-refractivity contribution in [3.63, 3.8) is 0 Å². The van der Waals surface area contributed by atoms with E-state index in [0.29, 0.717) is 11.1 Å². The van der Waals surface area contributed by atoms with E-state index in [1.54, 1.807) is 30.3 Å². The third-order valence-corrected chi connectivity index (χ3v) is 3.04. The number of hydrogen-bond acceptors (Lipinski definition) is 4. The number of carbonyl (C=O) groups is 2. The first-order valence-corrected chi connectivity index (χ1v) is 6.18. The van der Waals surface area contributed by atoms with Crippen LogP contribution >= 0.6 is 0 Å². The van der Waals surface area contributed by atoms with Crippen LogP contribution in [0.3, 0.4) is 0 Å². The molecule has 0 aliphatic heterocycles. The van der Waals surface area contributed by atoms with Crippen molar-refractivity contribution in [1.82, 2.24) is 0 Å². The summed E-state index contributed by atoms with van der Waals surface area (Å²) < 4.78 is 52.8. The van der Waals surface area contributed by atoms with Gasteiger partial charge in [-0.25, -0.2) is 0 Å². The molecular weight excluding hydrogens is 256 g/mol. The first-order valence-electron chi connectivity index (χ1n) is 9.18. The van der Waals surface area contributed by atoms with Crippen LogP contribution in [0.2, 0.25) is 0 Å². The lowest BCUT2D eigenvalue weighted by atomic mass is 9.89. The summed E-state index contributed by atoms with van der Waals surface area (Å²) in [5, 5.41) is 0. The lowest BCUT2D eigenvalue weighted by molar-refractivity contribution is -0.148. The number of hydrogen-bond donors (Lipinski definition) is 0. The zero-order chi connectivity index (χ0) is 19.5. The molecule has 20 heavy (non-hydrogen) atoms. The normalized spacial score (nSPS) is 27.5. The minimum atomic E-state index is -2.88. The van der Waals surface area contributed by atoms with E-state index < -0.39 is 37.9 Å². The summed E-state index contributed by atoms with van der Waals surface area (Å²) in [6, 6.07) is 8.74. The van der Waals surface area contributed by atoms with Crippen LogP contribution in [0.4, 0.5) is 0 Å². The molecule has 0 saturated heterocycles. The van der Waals surface area contributed by atoms with Crippen molar-refractivity contribution >= 4 is 17.5 Å². The van der Waals surface area contributed by atoms with Gasteiger partial charge in [-0.1, -0.05) is 30.3 Å². The molecule has 2 atom stereocenters. The maximum Gasteiger partial charge on any atom is 0.303 e. The summed E-state index contributed by atoms with van der Waals surface area (Å²) in [4.78, 5) is 23.3. The molecule has 0 radical (unpaired) electrons. The zero-order valence-corrected chi connectivity index (χ0v) is 10.7. The first kappa shape index (κ1) is 8.25. The predicted molar refractivity (Wildman–Crippen MR) is 74.8 cm³/mol. The summed E-state index contributed by atoms with van der Waals surface area (Å²) in [6.45, 7) is -5.75. The van der Waals surface area contributed by atoms with Gasteiger partial charge in [0.15, 0.2) is 0 Å². The Morgan fingerprint density at radius 3 is 2.50 bits per heavy atom. The molecule has 0 aromatic heterocycles. The Morgan fingerprint density at radius 1 is 1.10 bits per heavy atom. The zero-order valence-electron chi connectivity index (χ0n) is 16.7. The van der Waals surface area contributed by atoms with Gasteiger partial charge in [0.05, 0.1) is 0 Å². The number of esters is 2. The molecule has 2 rings (SSSR count). The summed E-state index contributed by atoms with van der Waals surface area (Å²) in [7, 11) is 0. The fourth-order valence-corrected chi connectivity index (χ4v) is 2.26. The fourth-order valence-electron chi connectivity index (χ4n) is 2.26. The Kier molecular flexibility index (Phi) is 2.63. The third-order valence-electron chi connectivity index (χ3n) is 3.04. The Balaban J connectivity index is 2.27. The van der Waals surface area contributed by atoms with Gasteiger partial charge in [-0.2, -0.15) is 0 Å². The van der Waals surface area contributed by atoms with E-state index >= 15 is 0 Å². The molecule has 4 nitrogen and oxygen atoms in total. The predicted octanol–water partition coefficient (Wildman–Crippen LogP) is 2.73. The minimum Gasteiger partial charge on any atom is -0.458 e. The van der Waals surface area contributed by atoms with E-state index in [4.69, 9.17) is 17.7 Å². The smallest absolute Gasteiger partial charge is 0.303 e. The lowest BCUT2D eigenvalue weighted by Crippen LogP contribution is -2.27. The van der Waals surface area contributed by atoms with Gasteiger partial charge in [0, 0.05) is 21.9 Å². The standard InChI is InChI=1S/C16H18O4/c1-11(17)19-14-8-9-16(20-12(2)18)15(10-14)13-6-4-3-5-7-13/h3-7,10,14,16H,8-9H2,1-2H3/t14-,16-/m1/s1/i1D3,2D3. The van der Waals surface area contributed by atoms with Crippen LogP contribution in [0, 0.1) is 0 Å². The van der Waals surface area contributed by atoms with Crippen molar-refractivity contribution in [3.8, 4) is 0 Å². The minimum absolute atomic E-state index is 0.196. The van der Waals surface area contributed by atoms with E-state index in [2.05, 4.69) is 0 Å². The fraction of sp³-hybridized carbons (Fsp3) is 0.375.